The van der Waals surface area contributed by atoms with Crippen molar-refractivity contribution in [2.75, 3.05) is 6.61 Å². The molecule has 1 saturated heterocycles. The minimum absolute atomic E-state index is 0.256. The number of amides is 2. The molecule has 1 aliphatic rings. The summed E-state index contributed by atoms with van der Waals surface area (Å²) in [6.45, 7) is 9.13. The van der Waals surface area contributed by atoms with Crippen molar-refractivity contribution < 1.29 is 23.9 Å². The summed E-state index contributed by atoms with van der Waals surface area (Å²) < 4.78 is 10.7. The van der Waals surface area contributed by atoms with E-state index in [1.165, 1.54) is 0 Å². The Balaban J connectivity index is 2.12. The SMILES string of the molecule is C=CCOc1ccc(C[C@H]2C(=O)CC(=O)N2C(=O)OC(C)(C)C)cc1. The normalized spacial score (nSPS) is 17.6. The van der Waals surface area contributed by atoms with Crippen molar-refractivity contribution in [2.24, 2.45) is 0 Å². The van der Waals surface area contributed by atoms with Crippen molar-refractivity contribution in [2.45, 2.75) is 45.3 Å². The van der Waals surface area contributed by atoms with Gasteiger partial charge >= 0.3 is 6.09 Å². The van der Waals surface area contributed by atoms with Crippen LogP contribution in [0.4, 0.5) is 4.79 Å². The quantitative estimate of drug-likeness (QED) is 0.606. The van der Waals surface area contributed by atoms with Gasteiger partial charge in [0.25, 0.3) is 0 Å². The Bertz CT molecular complexity index is 672. The summed E-state index contributed by atoms with van der Waals surface area (Å²) in [5.41, 5.74) is 0.0880. The van der Waals surface area contributed by atoms with Gasteiger partial charge in [-0.3, -0.25) is 9.59 Å². The molecular formula is C19H23NO5. The lowest BCUT2D eigenvalue weighted by molar-refractivity contribution is -0.128. The third-order valence-electron chi connectivity index (χ3n) is 3.59. The largest absolute Gasteiger partial charge is 0.490 e. The lowest BCUT2D eigenvalue weighted by atomic mass is 10.0. The third kappa shape index (κ3) is 4.92. The molecule has 1 atom stereocenters. The molecule has 0 unspecified atom stereocenters. The molecule has 2 rings (SSSR count). The van der Waals surface area contributed by atoms with Crippen LogP contribution in [0.25, 0.3) is 0 Å². The second kappa shape index (κ2) is 7.51. The maximum atomic E-state index is 12.3. The number of carbonyl (C=O) groups is 3. The molecule has 2 amide bonds. The molecule has 0 saturated carbocycles. The molecule has 0 aromatic heterocycles. The van der Waals surface area contributed by atoms with Crippen LogP contribution in [0.5, 0.6) is 5.75 Å². The first-order valence-corrected chi connectivity index (χ1v) is 8.11. The van der Waals surface area contributed by atoms with Crippen LogP contribution in [-0.4, -0.2) is 40.9 Å². The van der Waals surface area contributed by atoms with Crippen molar-refractivity contribution in [3.05, 3.63) is 42.5 Å². The monoisotopic (exact) mass is 345 g/mol. The number of likely N-dealkylation sites (tertiary alicyclic amines) is 1. The van der Waals surface area contributed by atoms with Gasteiger partial charge in [-0.15, -0.1) is 0 Å². The Kier molecular flexibility index (Phi) is 5.62. The van der Waals surface area contributed by atoms with E-state index in [4.69, 9.17) is 9.47 Å². The van der Waals surface area contributed by atoms with Gasteiger partial charge in [0.2, 0.25) is 5.91 Å². The molecule has 0 N–H and O–H groups in total. The lowest BCUT2D eigenvalue weighted by Gasteiger charge is -2.26. The standard InChI is InChI=1S/C19H23NO5/c1-5-10-24-14-8-6-13(7-9-14)11-15-16(21)12-17(22)20(15)18(23)25-19(2,3)4/h5-9,15H,1,10-12H2,2-4H3/t15-/m0/s1. The van der Waals surface area contributed by atoms with Gasteiger partial charge in [-0.1, -0.05) is 24.8 Å². The number of rotatable bonds is 5. The zero-order valence-corrected chi connectivity index (χ0v) is 14.8. The highest BCUT2D eigenvalue weighted by molar-refractivity contribution is 6.13. The summed E-state index contributed by atoms with van der Waals surface area (Å²) in [7, 11) is 0. The number of benzene rings is 1. The number of ketones is 1. The van der Waals surface area contributed by atoms with Crippen LogP contribution in [0.15, 0.2) is 36.9 Å². The van der Waals surface area contributed by atoms with Crippen molar-refractivity contribution in [3.8, 4) is 5.75 Å². The number of imide groups is 1. The molecule has 0 radical (unpaired) electrons. The first-order chi connectivity index (χ1) is 11.7. The van der Waals surface area contributed by atoms with Gasteiger partial charge in [0, 0.05) is 6.42 Å². The van der Waals surface area contributed by atoms with Crippen LogP contribution >= 0.6 is 0 Å². The van der Waals surface area contributed by atoms with E-state index in [1.54, 1.807) is 39.0 Å². The molecule has 1 aromatic carbocycles. The average Bonchev–Trinajstić information content (AvgIpc) is 2.79. The Labute approximate surface area is 147 Å². The molecule has 0 spiro atoms. The highest BCUT2D eigenvalue weighted by Crippen LogP contribution is 2.23. The van der Waals surface area contributed by atoms with E-state index in [0.717, 1.165) is 10.5 Å². The van der Waals surface area contributed by atoms with Crippen LogP contribution in [0.2, 0.25) is 0 Å². The third-order valence-corrected chi connectivity index (χ3v) is 3.59. The fourth-order valence-electron chi connectivity index (χ4n) is 2.52. The zero-order valence-electron chi connectivity index (χ0n) is 14.8. The molecule has 1 heterocycles. The predicted molar refractivity (Wildman–Crippen MR) is 92.3 cm³/mol. The lowest BCUT2D eigenvalue weighted by Crippen LogP contribution is -2.44. The molecule has 134 valence electrons. The minimum Gasteiger partial charge on any atom is -0.490 e. The maximum absolute atomic E-state index is 12.3. The predicted octanol–water partition coefficient (Wildman–Crippen LogP) is 2.90. The molecule has 1 fully saturated rings. The van der Waals surface area contributed by atoms with E-state index in [9.17, 15) is 14.4 Å². The van der Waals surface area contributed by atoms with Crippen molar-refractivity contribution >= 4 is 17.8 Å². The van der Waals surface area contributed by atoms with E-state index in [2.05, 4.69) is 6.58 Å². The van der Waals surface area contributed by atoms with Gasteiger partial charge in [0.05, 0.1) is 6.42 Å². The first-order valence-electron chi connectivity index (χ1n) is 8.11. The van der Waals surface area contributed by atoms with E-state index in [1.807, 2.05) is 12.1 Å². The number of nitrogens with zero attached hydrogens (tertiary/aromatic N) is 1. The highest BCUT2D eigenvalue weighted by atomic mass is 16.6. The summed E-state index contributed by atoms with van der Waals surface area (Å²) in [5, 5.41) is 0. The van der Waals surface area contributed by atoms with Crippen molar-refractivity contribution in [3.63, 3.8) is 0 Å². The molecule has 6 heteroatoms. The van der Waals surface area contributed by atoms with Crippen molar-refractivity contribution in [1.82, 2.24) is 4.90 Å². The second-order valence-corrected chi connectivity index (χ2v) is 6.85. The van der Waals surface area contributed by atoms with Crippen LogP contribution in [0, 0.1) is 0 Å². The fraction of sp³-hybridized carbons (Fsp3) is 0.421. The number of carbonyl (C=O) groups excluding carboxylic acids is 3. The van der Waals surface area contributed by atoms with Gasteiger partial charge in [0.1, 0.15) is 24.0 Å². The summed E-state index contributed by atoms with van der Waals surface area (Å²) in [4.78, 5) is 37.5. The van der Waals surface area contributed by atoms with Gasteiger partial charge in [-0.05, 0) is 38.5 Å². The highest BCUT2D eigenvalue weighted by Gasteiger charge is 2.44. The maximum Gasteiger partial charge on any atom is 0.417 e. The van der Waals surface area contributed by atoms with Crippen LogP contribution in [0.1, 0.15) is 32.8 Å². The first kappa shape index (κ1) is 18.7. The Morgan fingerprint density at radius 2 is 1.92 bits per heavy atom. The smallest absolute Gasteiger partial charge is 0.417 e. The molecule has 6 nitrogen and oxygen atoms in total. The van der Waals surface area contributed by atoms with Gasteiger partial charge in [0.15, 0.2) is 5.78 Å². The number of Topliss-reactive ketones (excluding diaryl/α,β-unsaturated/α-hetero) is 1. The summed E-state index contributed by atoms with van der Waals surface area (Å²) >= 11 is 0. The topological polar surface area (TPSA) is 72.9 Å². The number of hydrogen-bond donors (Lipinski definition) is 0. The van der Waals surface area contributed by atoms with Gasteiger partial charge in [-0.25, -0.2) is 9.69 Å². The van der Waals surface area contributed by atoms with Crippen LogP contribution in [-0.2, 0) is 20.7 Å². The summed E-state index contributed by atoms with van der Waals surface area (Å²) in [6, 6.07) is 6.33. The number of ether oxygens (including phenoxy) is 2. The van der Waals surface area contributed by atoms with Crippen LogP contribution < -0.4 is 4.74 Å². The minimum atomic E-state index is -0.831. The molecular weight excluding hydrogens is 322 g/mol. The average molecular weight is 345 g/mol. The molecule has 0 aliphatic carbocycles. The Hall–Kier alpha value is -2.63. The summed E-state index contributed by atoms with van der Waals surface area (Å²) in [6.07, 6.45) is 0.852. The zero-order chi connectivity index (χ0) is 18.6. The summed E-state index contributed by atoms with van der Waals surface area (Å²) in [5.74, 6) is -0.112. The second-order valence-electron chi connectivity index (χ2n) is 6.85. The fourth-order valence-corrected chi connectivity index (χ4v) is 2.52. The van der Waals surface area contributed by atoms with Gasteiger partial charge in [-0.2, -0.15) is 0 Å². The molecule has 0 bridgehead atoms. The van der Waals surface area contributed by atoms with E-state index in [-0.39, 0.29) is 18.6 Å². The van der Waals surface area contributed by atoms with E-state index >= 15 is 0 Å². The number of hydrogen-bond acceptors (Lipinski definition) is 5. The van der Waals surface area contributed by atoms with Crippen LogP contribution in [0.3, 0.4) is 0 Å². The van der Waals surface area contributed by atoms with Crippen molar-refractivity contribution in [1.29, 1.82) is 0 Å². The molecule has 1 aliphatic heterocycles. The Morgan fingerprint density at radius 3 is 2.48 bits per heavy atom. The van der Waals surface area contributed by atoms with E-state index < -0.39 is 23.6 Å². The van der Waals surface area contributed by atoms with E-state index in [0.29, 0.717) is 12.4 Å². The molecule has 25 heavy (non-hydrogen) atoms. The molecule has 1 aromatic rings. The Morgan fingerprint density at radius 1 is 1.28 bits per heavy atom. The van der Waals surface area contributed by atoms with Gasteiger partial charge < -0.3 is 9.47 Å².